The molecule has 4 nitrogen and oxygen atoms in total. The Bertz CT molecular complexity index is 104. The number of hydrogen-bond donors (Lipinski definition) is 3. The van der Waals surface area contributed by atoms with Crippen LogP contribution in [0.15, 0.2) is 0 Å². The molecule has 0 saturated carbocycles. The van der Waals surface area contributed by atoms with E-state index in [9.17, 15) is 4.79 Å². The van der Waals surface area contributed by atoms with Gasteiger partial charge in [0.2, 0.25) is 0 Å². The van der Waals surface area contributed by atoms with Gasteiger partial charge in [0.1, 0.15) is 6.10 Å². The summed E-state index contributed by atoms with van der Waals surface area (Å²) in [6.07, 6.45) is -0.858. The molecule has 3 N–H and O–H groups in total. The van der Waals surface area contributed by atoms with Gasteiger partial charge in [0.05, 0.1) is 6.67 Å². The maximum absolute atomic E-state index is 10.4. The summed E-state index contributed by atoms with van der Waals surface area (Å²) >= 11 is 0. The third kappa shape index (κ3) is 0.962. The van der Waals surface area contributed by atoms with Crippen LogP contribution in [0.3, 0.4) is 0 Å². The fraction of sp³-hybridized carbons (Fsp3) is 0.750. The Morgan fingerprint density at radius 2 is 2.50 bits per heavy atom. The van der Waals surface area contributed by atoms with Gasteiger partial charge in [-0.3, -0.25) is 10.1 Å². The number of rotatable bonds is 0. The van der Waals surface area contributed by atoms with Crippen molar-refractivity contribution in [1.29, 1.82) is 0 Å². The SMILES string of the molecule is O=C1NCNCC1O. The van der Waals surface area contributed by atoms with Gasteiger partial charge in [0.25, 0.3) is 5.91 Å². The fourth-order valence-corrected chi connectivity index (χ4v) is 0.569. The van der Waals surface area contributed by atoms with Crippen molar-refractivity contribution in [3.8, 4) is 0 Å². The van der Waals surface area contributed by atoms with E-state index in [-0.39, 0.29) is 5.91 Å². The minimum absolute atomic E-state index is 0.288. The van der Waals surface area contributed by atoms with Crippen LogP contribution in [0.1, 0.15) is 0 Å². The summed E-state index contributed by atoms with van der Waals surface area (Å²) < 4.78 is 0. The Labute approximate surface area is 46.9 Å². The smallest absolute Gasteiger partial charge is 0.251 e. The van der Waals surface area contributed by atoms with Crippen molar-refractivity contribution in [2.45, 2.75) is 6.10 Å². The lowest BCUT2D eigenvalue weighted by Gasteiger charge is -2.17. The van der Waals surface area contributed by atoms with Gasteiger partial charge in [0.15, 0.2) is 0 Å². The molecular weight excluding hydrogens is 108 g/mol. The second kappa shape index (κ2) is 2.11. The average molecular weight is 116 g/mol. The lowest BCUT2D eigenvalue weighted by molar-refractivity contribution is -0.130. The van der Waals surface area contributed by atoms with Gasteiger partial charge >= 0.3 is 0 Å². The number of nitrogens with one attached hydrogen (secondary N) is 2. The first kappa shape index (κ1) is 5.53. The van der Waals surface area contributed by atoms with Crippen LogP contribution in [0.5, 0.6) is 0 Å². The van der Waals surface area contributed by atoms with Gasteiger partial charge in [-0.1, -0.05) is 0 Å². The van der Waals surface area contributed by atoms with Crippen LogP contribution in [-0.2, 0) is 4.79 Å². The second-order valence-corrected chi connectivity index (χ2v) is 1.69. The molecule has 46 valence electrons. The van der Waals surface area contributed by atoms with Crippen LogP contribution >= 0.6 is 0 Å². The first-order chi connectivity index (χ1) is 3.80. The highest BCUT2D eigenvalue weighted by atomic mass is 16.3. The van der Waals surface area contributed by atoms with E-state index in [0.29, 0.717) is 13.2 Å². The molecule has 1 heterocycles. The number of aliphatic hydroxyl groups excluding tert-OH is 1. The van der Waals surface area contributed by atoms with Gasteiger partial charge < -0.3 is 10.4 Å². The zero-order chi connectivity index (χ0) is 5.98. The second-order valence-electron chi connectivity index (χ2n) is 1.69. The van der Waals surface area contributed by atoms with Gasteiger partial charge in [-0.25, -0.2) is 0 Å². The molecular formula is C4H8N2O2. The third-order valence-corrected chi connectivity index (χ3v) is 1.03. The Kier molecular flexibility index (Phi) is 1.45. The number of β-amino-alcohol motifs (C(OH)–C–C–N with tert-alkyl or cyclic N) is 1. The van der Waals surface area contributed by atoms with Crippen LogP contribution in [0.4, 0.5) is 0 Å². The van der Waals surface area contributed by atoms with Crippen molar-refractivity contribution in [1.82, 2.24) is 10.6 Å². The maximum Gasteiger partial charge on any atom is 0.251 e. The minimum atomic E-state index is -0.858. The van der Waals surface area contributed by atoms with E-state index in [2.05, 4.69) is 10.6 Å². The quantitative estimate of drug-likeness (QED) is 0.344. The van der Waals surface area contributed by atoms with Crippen LogP contribution in [-0.4, -0.2) is 30.3 Å². The molecule has 0 spiro atoms. The van der Waals surface area contributed by atoms with Crippen LogP contribution in [0.2, 0.25) is 0 Å². The van der Waals surface area contributed by atoms with Crippen molar-refractivity contribution in [2.75, 3.05) is 13.2 Å². The summed E-state index contributed by atoms with van der Waals surface area (Å²) in [5, 5.41) is 13.9. The third-order valence-electron chi connectivity index (χ3n) is 1.03. The molecule has 4 heteroatoms. The monoisotopic (exact) mass is 116 g/mol. The minimum Gasteiger partial charge on any atom is -0.382 e. The van der Waals surface area contributed by atoms with Gasteiger partial charge in [-0.2, -0.15) is 0 Å². The molecule has 8 heavy (non-hydrogen) atoms. The first-order valence-electron chi connectivity index (χ1n) is 2.47. The fourth-order valence-electron chi connectivity index (χ4n) is 0.569. The zero-order valence-electron chi connectivity index (χ0n) is 4.35. The normalized spacial score (nSPS) is 29.6. The molecule has 1 atom stereocenters. The summed E-state index contributed by atoms with van der Waals surface area (Å²) in [5.74, 6) is -0.288. The summed E-state index contributed by atoms with van der Waals surface area (Å²) in [4.78, 5) is 10.4. The van der Waals surface area contributed by atoms with Crippen molar-refractivity contribution >= 4 is 5.91 Å². The molecule has 0 aromatic rings. The Balaban J connectivity index is 2.39. The molecule has 1 fully saturated rings. The van der Waals surface area contributed by atoms with E-state index in [1.807, 2.05) is 0 Å². The lowest BCUT2D eigenvalue weighted by Crippen LogP contribution is -2.51. The Morgan fingerprint density at radius 3 is 2.88 bits per heavy atom. The molecule has 0 radical (unpaired) electrons. The molecule has 0 aromatic carbocycles. The molecule has 0 aromatic heterocycles. The van der Waals surface area contributed by atoms with Crippen molar-refractivity contribution in [2.24, 2.45) is 0 Å². The molecule has 1 aliphatic rings. The molecule has 1 unspecified atom stereocenters. The lowest BCUT2D eigenvalue weighted by atomic mass is 10.3. The van der Waals surface area contributed by atoms with E-state index in [1.54, 1.807) is 0 Å². The van der Waals surface area contributed by atoms with Crippen molar-refractivity contribution < 1.29 is 9.90 Å². The summed E-state index contributed by atoms with van der Waals surface area (Å²) in [6.45, 7) is 0.835. The van der Waals surface area contributed by atoms with Gasteiger partial charge in [0, 0.05) is 6.54 Å². The highest BCUT2D eigenvalue weighted by molar-refractivity contribution is 5.81. The largest absolute Gasteiger partial charge is 0.382 e. The van der Waals surface area contributed by atoms with Crippen LogP contribution < -0.4 is 10.6 Å². The number of amides is 1. The van der Waals surface area contributed by atoms with Gasteiger partial charge in [-0.05, 0) is 0 Å². The highest BCUT2D eigenvalue weighted by Gasteiger charge is 2.16. The zero-order valence-corrected chi connectivity index (χ0v) is 4.35. The Morgan fingerprint density at radius 1 is 1.75 bits per heavy atom. The molecule has 0 bridgehead atoms. The van der Waals surface area contributed by atoms with Crippen molar-refractivity contribution in [3.05, 3.63) is 0 Å². The predicted octanol–water partition coefficient (Wildman–Crippen LogP) is -1.98. The molecule has 1 aliphatic heterocycles. The highest BCUT2D eigenvalue weighted by Crippen LogP contribution is 1.83. The predicted molar refractivity (Wildman–Crippen MR) is 27.0 cm³/mol. The topological polar surface area (TPSA) is 61.4 Å². The Hall–Kier alpha value is -0.610. The summed E-state index contributed by atoms with van der Waals surface area (Å²) in [7, 11) is 0. The van der Waals surface area contributed by atoms with Crippen LogP contribution in [0, 0.1) is 0 Å². The van der Waals surface area contributed by atoms with E-state index in [0.717, 1.165) is 0 Å². The summed E-state index contributed by atoms with van der Waals surface area (Å²) in [5.41, 5.74) is 0. The number of carbonyl (C=O) groups excluding carboxylic acids is 1. The number of hydrogen-bond acceptors (Lipinski definition) is 3. The van der Waals surface area contributed by atoms with Gasteiger partial charge in [-0.15, -0.1) is 0 Å². The van der Waals surface area contributed by atoms with E-state index in [1.165, 1.54) is 0 Å². The summed E-state index contributed by atoms with van der Waals surface area (Å²) in [6, 6.07) is 0. The standard InChI is InChI=1S/C4H8N2O2/c7-3-1-5-2-6-4(3)8/h3,5,7H,1-2H2,(H,6,8). The maximum atomic E-state index is 10.4. The van der Waals surface area contributed by atoms with E-state index >= 15 is 0 Å². The molecule has 1 amide bonds. The number of carbonyl (C=O) groups is 1. The first-order valence-corrected chi connectivity index (χ1v) is 2.47. The van der Waals surface area contributed by atoms with E-state index < -0.39 is 6.10 Å². The van der Waals surface area contributed by atoms with Crippen LogP contribution in [0.25, 0.3) is 0 Å². The average Bonchev–Trinajstić information content (AvgIpc) is 1.77. The number of aliphatic hydroxyl groups is 1. The van der Waals surface area contributed by atoms with E-state index in [4.69, 9.17) is 5.11 Å². The molecule has 0 aliphatic carbocycles. The van der Waals surface area contributed by atoms with Crippen molar-refractivity contribution in [3.63, 3.8) is 0 Å². The molecule has 1 rings (SSSR count). The molecule has 1 saturated heterocycles.